The predicted octanol–water partition coefficient (Wildman–Crippen LogP) is 1.33. The number of fused-ring (bicyclic) bond motifs is 5. The second-order valence-corrected chi connectivity index (χ2v) is 6.22. The lowest BCUT2D eigenvalue weighted by atomic mass is 10.0. The number of aromatic amines is 1. The van der Waals surface area contributed by atoms with Crippen LogP contribution in [0.1, 0.15) is 23.7 Å². The number of aromatic nitrogens is 3. The molecule has 9 nitrogen and oxygen atoms in total. The molecule has 1 aliphatic rings. The van der Waals surface area contributed by atoms with E-state index in [1.807, 2.05) is 25.1 Å². The number of hydrogen-bond acceptors (Lipinski definition) is 5. The molecule has 0 radical (unpaired) electrons. The largest absolute Gasteiger partial charge is 0.512 e. The number of benzene rings is 1. The zero-order chi connectivity index (χ0) is 19.1. The maximum absolute atomic E-state index is 12.3. The van der Waals surface area contributed by atoms with E-state index in [-0.39, 0.29) is 23.9 Å². The second kappa shape index (κ2) is 6.27. The highest BCUT2D eigenvalue weighted by Crippen LogP contribution is 2.35. The molecule has 27 heavy (non-hydrogen) atoms. The molecule has 0 unspecified atom stereocenters. The van der Waals surface area contributed by atoms with Crippen molar-refractivity contribution in [2.75, 3.05) is 6.54 Å². The van der Waals surface area contributed by atoms with Gasteiger partial charge in [0.05, 0.1) is 24.0 Å². The smallest absolute Gasteiger partial charge is 0.449 e. The highest BCUT2D eigenvalue weighted by atomic mass is 16.7. The number of carbonyl (C=O) groups excluding carboxylic acids is 1. The number of H-pyrrole nitrogens is 1. The van der Waals surface area contributed by atoms with Crippen molar-refractivity contribution in [3.8, 4) is 17.1 Å². The average molecular weight is 368 g/mol. The highest BCUT2D eigenvalue weighted by molar-refractivity contribution is 5.80. The Kier molecular flexibility index (Phi) is 3.91. The first kappa shape index (κ1) is 16.8. The van der Waals surface area contributed by atoms with Crippen LogP contribution in [0.4, 0.5) is 4.79 Å². The number of likely N-dealkylation sites (N-methyl/N-ethyl adjacent to an activating group) is 1. The van der Waals surface area contributed by atoms with E-state index < -0.39 is 11.7 Å². The van der Waals surface area contributed by atoms with Crippen molar-refractivity contribution < 1.29 is 19.4 Å². The zero-order valence-corrected chi connectivity index (χ0v) is 14.4. The molecule has 0 fully saturated rings. The molecule has 1 aromatic carbocycles. The Morgan fingerprint density at radius 1 is 1.41 bits per heavy atom. The fraction of sp³-hybridized carbons (Fsp3) is 0.222. The summed E-state index contributed by atoms with van der Waals surface area (Å²) in [5.41, 5.74) is 3.80. The second-order valence-electron chi connectivity index (χ2n) is 6.22. The molecule has 2 heterocycles. The van der Waals surface area contributed by atoms with E-state index in [0.717, 1.165) is 22.4 Å². The average Bonchev–Trinajstić information content (AvgIpc) is 3.16. The van der Waals surface area contributed by atoms with E-state index in [0.29, 0.717) is 18.7 Å². The highest BCUT2D eigenvalue weighted by Gasteiger charge is 2.25. The molecular weight excluding hydrogens is 352 g/mol. The van der Waals surface area contributed by atoms with Crippen molar-refractivity contribution in [2.24, 2.45) is 0 Å². The summed E-state index contributed by atoms with van der Waals surface area (Å²) in [6.45, 7) is 2.45. The third-order valence-corrected chi connectivity index (χ3v) is 4.43. The maximum Gasteiger partial charge on any atom is 0.512 e. The Morgan fingerprint density at radius 2 is 2.22 bits per heavy atom. The number of nitrogens with one attached hydrogen (secondary N) is 2. The molecular formula is C18H16N4O5. The first-order valence-corrected chi connectivity index (χ1v) is 8.40. The summed E-state index contributed by atoms with van der Waals surface area (Å²) in [5, 5.41) is 11.5. The van der Waals surface area contributed by atoms with Crippen LogP contribution in [0.25, 0.3) is 16.9 Å². The van der Waals surface area contributed by atoms with Crippen LogP contribution in [-0.2, 0) is 17.6 Å². The lowest BCUT2D eigenvalue weighted by molar-refractivity contribution is -0.120. The van der Waals surface area contributed by atoms with Gasteiger partial charge in [0.25, 0.3) is 5.56 Å². The zero-order valence-electron chi connectivity index (χ0n) is 14.4. The van der Waals surface area contributed by atoms with Crippen molar-refractivity contribution in [1.29, 1.82) is 0 Å². The number of imidazole rings is 1. The van der Waals surface area contributed by atoms with Crippen LogP contribution in [0.15, 0.2) is 29.2 Å². The molecule has 3 N–H and O–H groups in total. The van der Waals surface area contributed by atoms with Crippen LogP contribution in [0.5, 0.6) is 5.88 Å². The fourth-order valence-corrected chi connectivity index (χ4v) is 3.39. The number of ether oxygens (including phenoxy) is 1. The van der Waals surface area contributed by atoms with Gasteiger partial charge in [0.1, 0.15) is 0 Å². The van der Waals surface area contributed by atoms with Crippen LogP contribution in [0.2, 0.25) is 0 Å². The van der Waals surface area contributed by atoms with Gasteiger partial charge in [-0.2, -0.15) is 4.98 Å². The van der Waals surface area contributed by atoms with Crippen molar-refractivity contribution in [3.63, 3.8) is 0 Å². The van der Waals surface area contributed by atoms with Gasteiger partial charge >= 0.3 is 6.16 Å². The van der Waals surface area contributed by atoms with E-state index in [1.54, 1.807) is 4.40 Å². The van der Waals surface area contributed by atoms with Gasteiger partial charge in [-0.25, -0.2) is 4.79 Å². The van der Waals surface area contributed by atoms with Gasteiger partial charge in [-0.15, -0.1) is 0 Å². The van der Waals surface area contributed by atoms with Gasteiger partial charge in [-0.05, 0) is 18.1 Å². The van der Waals surface area contributed by atoms with Crippen molar-refractivity contribution in [2.45, 2.75) is 19.8 Å². The van der Waals surface area contributed by atoms with Gasteiger partial charge in [0.15, 0.2) is 0 Å². The Morgan fingerprint density at radius 3 is 2.96 bits per heavy atom. The lowest BCUT2D eigenvalue weighted by Crippen LogP contribution is -2.24. The van der Waals surface area contributed by atoms with Gasteiger partial charge < -0.3 is 20.1 Å². The Balaban J connectivity index is 1.75. The molecule has 3 aromatic rings. The van der Waals surface area contributed by atoms with Gasteiger partial charge in [0.2, 0.25) is 17.4 Å². The summed E-state index contributed by atoms with van der Waals surface area (Å²) in [4.78, 5) is 41.6. The summed E-state index contributed by atoms with van der Waals surface area (Å²) in [5.74, 6) is -0.205. The summed E-state index contributed by atoms with van der Waals surface area (Å²) in [7, 11) is 0. The van der Waals surface area contributed by atoms with Gasteiger partial charge in [-0.3, -0.25) is 14.0 Å². The molecule has 2 aromatic heterocycles. The molecule has 9 heteroatoms. The van der Waals surface area contributed by atoms with Gasteiger partial charge in [-0.1, -0.05) is 18.2 Å². The number of amides is 1. The minimum Gasteiger partial charge on any atom is -0.449 e. The van der Waals surface area contributed by atoms with Crippen molar-refractivity contribution in [3.05, 3.63) is 51.6 Å². The maximum atomic E-state index is 12.3. The van der Waals surface area contributed by atoms with Crippen molar-refractivity contribution >= 4 is 17.7 Å². The standard InChI is InChI=1S/C18H16N4O5/c1-2-19-13(23)6-9-3-4-11-10(5-9)7-12-15(11)21-17(24)16-20-14(8-22(12)16)27-18(25)26/h3-5,8H,2,6-7H2,1H3,(H,19,23)(H,21,24)(H,25,26). The summed E-state index contributed by atoms with van der Waals surface area (Å²) in [6, 6.07) is 5.68. The molecule has 1 aliphatic carbocycles. The van der Waals surface area contributed by atoms with E-state index in [1.165, 1.54) is 6.20 Å². The van der Waals surface area contributed by atoms with Crippen LogP contribution in [0.3, 0.4) is 0 Å². The van der Waals surface area contributed by atoms with Crippen LogP contribution in [-0.4, -0.2) is 38.1 Å². The molecule has 138 valence electrons. The van der Waals surface area contributed by atoms with E-state index in [4.69, 9.17) is 5.11 Å². The molecule has 0 atom stereocenters. The SMILES string of the molecule is CCNC(=O)Cc1ccc2c(c1)Cc1c-2[nH]c(=O)c2nc(OC(=O)O)cn12. The Labute approximate surface area is 152 Å². The van der Waals surface area contributed by atoms with E-state index >= 15 is 0 Å². The normalized spacial score (nSPS) is 11.9. The minimum atomic E-state index is -1.50. The third-order valence-electron chi connectivity index (χ3n) is 4.43. The molecule has 0 saturated carbocycles. The molecule has 4 rings (SSSR count). The molecule has 0 saturated heterocycles. The van der Waals surface area contributed by atoms with Crippen LogP contribution >= 0.6 is 0 Å². The predicted molar refractivity (Wildman–Crippen MR) is 95.1 cm³/mol. The number of hydrogen-bond donors (Lipinski definition) is 3. The monoisotopic (exact) mass is 368 g/mol. The minimum absolute atomic E-state index is 0.0474. The van der Waals surface area contributed by atoms with E-state index in [2.05, 4.69) is 20.0 Å². The number of carboxylic acid groups (broad SMARTS) is 1. The van der Waals surface area contributed by atoms with Crippen molar-refractivity contribution in [1.82, 2.24) is 19.7 Å². The Bertz CT molecular complexity index is 1140. The number of rotatable bonds is 4. The fourth-order valence-electron chi connectivity index (χ4n) is 3.39. The first-order chi connectivity index (χ1) is 13.0. The topological polar surface area (TPSA) is 126 Å². The third kappa shape index (κ3) is 2.92. The molecule has 1 amide bonds. The Hall–Kier alpha value is -3.62. The summed E-state index contributed by atoms with van der Waals surface area (Å²) < 4.78 is 6.12. The quantitative estimate of drug-likeness (QED) is 0.467. The first-order valence-electron chi connectivity index (χ1n) is 8.40. The summed E-state index contributed by atoms with van der Waals surface area (Å²) >= 11 is 0. The van der Waals surface area contributed by atoms with E-state index in [9.17, 15) is 14.4 Å². The van der Waals surface area contributed by atoms with Gasteiger partial charge in [0, 0.05) is 18.5 Å². The number of carbonyl (C=O) groups is 2. The van der Waals surface area contributed by atoms with Crippen LogP contribution < -0.4 is 15.6 Å². The number of nitrogens with zero attached hydrogens (tertiary/aromatic N) is 2. The lowest BCUT2D eigenvalue weighted by Gasteiger charge is -2.05. The van der Waals surface area contributed by atoms with Crippen LogP contribution in [0, 0.1) is 0 Å². The molecule has 0 aliphatic heterocycles. The molecule has 0 spiro atoms. The summed E-state index contributed by atoms with van der Waals surface area (Å²) in [6.07, 6.45) is 0.693. The molecule has 0 bridgehead atoms.